The fraction of sp³-hybridized carbons (Fsp3) is 0. The minimum atomic E-state index is 0.637. The van der Waals surface area contributed by atoms with Gasteiger partial charge in [0.1, 0.15) is 11.2 Å². The minimum Gasteiger partial charge on any atom is -0.456 e. The maximum Gasteiger partial charge on any atom is 0.164 e. The molecule has 60 heavy (non-hydrogen) atoms. The molecule has 0 unspecified atom stereocenters. The Morgan fingerprint density at radius 1 is 0.333 bits per heavy atom. The smallest absolute Gasteiger partial charge is 0.164 e. The van der Waals surface area contributed by atoms with Crippen molar-refractivity contribution in [2.75, 3.05) is 0 Å². The molecule has 0 aliphatic carbocycles. The van der Waals surface area contributed by atoms with Gasteiger partial charge in [-0.2, -0.15) is 0 Å². The second-order valence-corrected chi connectivity index (χ2v) is 15.2. The Morgan fingerprint density at radius 2 is 0.883 bits per heavy atom. The quantitative estimate of drug-likeness (QED) is 0.169. The average molecular weight is 767 g/mol. The first-order valence-electron chi connectivity index (χ1n) is 20.2. The summed E-state index contributed by atoms with van der Waals surface area (Å²) >= 11 is 0. The van der Waals surface area contributed by atoms with Crippen molar-refractivity contribution in [2.45, 2.75) is 0 Å². The maximum atomic E-state index is 6.61. The summed E-state index contributed by atoms with van der Waals surface area (Å²) in [5.41, 5.74) is 12.6. The van der Waals surface area contributed by atoms with Gasteiger partial charge in [-0.3, -0.25) is 0 Å². The van der Waals surface area contributed by atoms with Crippen LogP contribution in [0.3, 0.4) is 0 Å². The topological polar surface area (TPSA) is 56.7 Å². The summed E-state index contributed by atoms with van der Waals surface area (Å²) < 4.78 is 8.97. The number of furan rings is 1. The van der Waals surface area contributed by atoms with Crippen LogP contribution in [0.2, 0.25) is 0 Å². The van der Waals surface area contributed by atoms with E-state index in [0.29, 0.717) is 17.5 Å². The molecule has 3 aromatic heterocycles. The Balaban J connectivity index is 0.991. The molecule has 0 radical (unpaired) electrons. The molecular formula is C55H34N4O. The molecule has 5 heteroatoms. The van der Waals surface area contributed by atoms with Gasteiger partial charge in [-0.15, -0.1) is 0 Å². The number of nitrogens with zero attached hydrogens (tertiary/aromatic N) is 4. The number of rotatable bonds is 6. The third-order valence-electron chi connectivity index (χ3n) is 11.6. The molecule has 0 spiro atoms. The average Bonchev–Trinajstić information content (AvgIpc) is 3.87. The molecule has 0 amide bonds. The molecule has 0 N–H and O–H groups in total. The summed E-state index contributed by atoms with van der Waals surface area (Å²) in [5, 5.41) is 6.89. The first kappa shape index (κ1) is 33.9. The van der Waals surface area contributed by atoms with Crippen LogP contribution in [0.15, 0.2) is 211 Å². The van der Waals surface area contributed by atoms with E-state index < -0.39 is 0 Å². The fourth-order valence-corrected chi connectivity index (χ4v) is 8.75. The lowest BCUT2D eigenvalue weighted by molar-refractivity contribution is 0.669. The molecule has 0 bridgehead atoms. The van der Waals surface area contributed by atoms with E-state index in [1.54, 1.807) is 0 Å². The van der Waals surface area contributed by atoms with Crippen molar-refractivity contribution < 1.29 is 4.42 Å². The molecule has 12 aromatic rings. The van der Waals surface area contributed by atoms with Gasteiger partial charge in [0.15, 0.2) is 17.5 Å². The van der Waals surface area contributed by atoms with E-state index in [0.717, 1.165) is 77.3 Å². The van der Waals surface area contributed by atoms with E-state index in [2.05, 4.69) is 144 Å². The van der Waals surface area contributed by atoms with E-state index >= 15 is 0 Å². The Morgan fingerprint density at radius 3 is 1.60 bits per heavy atom. The van der Waals surface area contributed by atoms with Gasteiger partial charge in [-0.05, 0) is 93.7 Å². The van der Waals surface area contributed by atoms with Crippen LogP contribution in [0.4, 0.5) is 0 Å². The van der Waals surface area contributed by atoms with Crippen LogP contribution in [-0.4, -0.2) is 19.5 Å². The van der Waals surface area contributed by atoms with Gasteiger partial charge in [-0.1, -0.05) is 146 Å². The third-order valence-corrected chi connectivity index (χ3v) is 11.6. The van der Waals surface area contributed by atoms with Crippen molar-refractivity contribution in [1.82, 2.24) is 19.5 Å². The van der Waals surface area contributed by atoms with Crippen molar-refractivity contribution in [1.29, 1.82) is 0 Å². The Kier molecular flexibility index (Phi) is 7.78. The number of benzene rings is 9. The Bertz CT molecular complexity index is 3530. The number of hydrogen-bond acceptors (Lipinski definition) is 4. The van der Waals surface area contributed by atoms with Gasteiger partial charge in [0.05, 0.1) is 11.0 Å². The highest BCUT2D eigenvalue weighted by Crippen LogP contribution is 2.43. The molecule has 0 saturated heterocycles. The first-order chi connectivity index (χ1) is 29.7. The zero-order chi connectivity index (χ0) is 39.6. The second kappa shape index (κ2) is 13.8. The van der Waals surface area contributed by atoms with Crippen LogP contribution in [0.5, 0.6) is 0 Å². The minimum absolute atomic E-state index is 0.637. The summed E-state index contributed by atoms with van der Waals surface area (Å²) in [6.07, 6.45) is 0. The summed E-state index contributed by atoms with van der Waals surface area (Å²) in [6, 6.07) is 72.3. The predicted molar refractivity (Wildman–Crippen MR) is 246 cm³/mol. The molecule has 280 valence electrons. The molecule has 5 nitrogen and oxygen atoms in total. The van der Waals surface area contributed by atoms with Crippen LogP contribution < -0.4 is 0 Å². The molecule has 0 aliphatic rings. The van der Waals surface area contributed by atoms with Crippen LogP contribution in [0.25, 0.3) is 117 Å². The number of para-hydroxylation sites is 3. The highest BCUT2D eigenvalue weighted by molar-refractivity contribution is 6.16. The number of hydrogen-bond donors (Lipinski definition) is 0. The molecule has 9 aromatic carbocycles. The summed E-state index contributed by atoms with van der Waals surface area (Å²) in [4.78, 5) is 14.8. The van der Waals surface area contributed by atoms with Crippen LogP contribution in [0, 0.1) is 0 Å². The Labute approximate surface area is 345 Å². The zero-order valence-corrected chi connectivity index (χ0v) is 32.3. The maximum absolute atomic E-state index is 6.61. The van der Waals surface area contributed by atoms with E-state index in [1.165, 1.54) is 21.8 Å². The van der Waals surface area contributed by atoms with Crippen molar-refractivity contribution in [3.05, 3.63) is 206 Å². The lowest BCUT2D eigenvalue weighted by atomic mass is 9.93. The van der Waals surface area contributed by atoms with Gasteiger partial charge < -0.3 is 8.98 Å². The predicted octanol–water partition coefficient (Wildman–Crippen LogP) is 14.4. The number of fused-ring (bicyclic) bond motifs is 7. The molecule has 0 atom stereocenters. The van der Waals surface area contributed by atoms with Crippen molar-refractivity contribution in [3.8, 4) is 62.1 Å². The van der Waals surface area contributed by atoms with Crippen LogP contribution in [0.1, 0.15) is 0 Å². The van der Waals surface area contributed by atoms with Crippen LogP contribution >= 0.6 is 0 Å². The highest BCUT2D eigenvalue weighted by Gasteiger charge is 2.19. The second-order valence-electron chi connectivity index (χ2n) is 15.2. The van der Waals surface area contributed by atoms with E-state index in [-0.39, 0.29) is 0 Å². The Hall–Kier alpha value is -8.15. The standard InChI is InChI=1S/C55H34N4O/c1-4-14-35(15-5-1)53-56-54(36-16-6-2-7-17-36)58-55(57-53)41-27-26-37-30-39(25-24-38(37)31-41)42-33-46(52-45-21-11-13-23-50(45)60-51(52)34-42)40-28-29-49-47(32-40)44-20-10-12-22-48(44)59(49)43-18-8-3-9-19-43/h1-34H. The van der Waals surface area contributed by atoms with Gasteiger partial charge in [0.2, 0.25) is 0 Å². The van der Waals surface area contributed by atoms with Crippen LogP contribution in [-0.2, 0) is 0 Å². The van der Waals surface area contributed by atoms with Crippen molar-refractivity contribution in [3.63, 3.8) is 0 Å². The molecule has 0 fully saturated rings. The van der Waals surface area contributed by atoms with Crippen molar-refractivity contribution in [2.24, 2.45) is 0 Å². The van der Waals surface area contributed by atoms with Gasteiger partial charge in [-0.25, -0.2) is 15.0 Å². The van der Waals surface area contributed by atoms with Gasteiger partial charge in [0.25, 0.3) is 0 Å². The molecular weight excluding hydrogens is 733 g/mol. The van der Waals surface area contributed by atoms with Gasteiger partial charge >= 0.3 is 0 Å². The van der Waals surface area contributed by atoms with E-state index in [4.69, 9.17) is 19.4 Å². The summed E-state index contributed by atoms with van der Waals surface area (Å²) in [7, 11) is 0. The lowest BCUT2D eigenvalue weighted by Crippen LogP contribution is -2.00. The normalized spacial score (nSPS) is 11.7. The molecule has 3 heterocycles. The summed E-state index contributed by atoms with van der Waals surface area (Å²) in [5.74, 6) is 1.93. The van der Waals surface area contributed by atoms with E-state index in [9.17, 15) is 0 Å². The molecule has 0 saturated carbocycles. The highest BCUT2D eigenvalue weighted by atomic mass is 16.3. The number of aromatic nitrogens is 4. The van der Waals surface area contributed by atoms with Crippen molar-refractivity contribution >= 4 is 54.5 Å². The lowest BCUT2D eigenvalue weighted by Gasteiger charge is -2.12. The van der Waals surface area contributed by atoms with E-state index in [1.807, 2.05) is 66.7 Å². The van der Waals surface area contributed by atoms with Gasteiger partial charge in [0, 0.05) is 43.9 Å². The molecule has 0 aliphatic heterocycles. The summed E-state index contributed by atoms with van der Waals surface area (Å²) in [6.45, 7) is 0. The monoisotopic (exact) mass is 766 g/mol. The first-order valence-corrected chi connectivity index (χ1v) is 20.2. The third kappa shape index (κ3) is 5.67. The largest absolute Gasteiger partial charge is 0.456 e. The zero-order valence-electron chi connectivity index (χ0n) is 32.3. The fourth-order valence-electron chi connectivity index (χ4n) is 8.75. The molecule has 12 rings (SSSR count). The SMILES string of the molecule is c1ccc(-c2nc(-c3ccccc3)nc(-c3ccc4cc(-c5cc(-c6ccc7c(c6)c6ccccc6n7-c6ccccc6)c6c(c5)oc5ccccc56)ccc4c3)n2)cc1.